The normalized spacial score (nSPS) is 11.1. The predicted molar refractivity (Wildman–Crippen MR) is 107 cm³/mol. The fraction of sp³-hybridized carbons (Fsp3) is 0.0870. The minimum atomic E-state index is 0.523. The van der Waals surface area contributed by atoms with Gasteiger partial charge in [0.25, 0.3) is 0 Å². The summed E-state index contributed by atoms with van der Waals surface area (Å²) in [5.41, 5.74) is 3.85. The zero-order valence-electron chi connectivity index (χ0n) is 15.1. The summed E-state index contributed by atoms with van der Waals surface area (Å²) >= 11 is 0. The number of fused-ring (bicyclic) bond motifs is 3. The zero-order valence-corrected chi connectivity index (χ0v) is 15.1. The van der Waals surface area contributed by atoms with Crippen molar-refractivity contribution in [3.05, 3.63) is 102 Å². The fourth-order valence-corrected chi connectivity index (χ4v) is 3.32. The summed E-state index contributed by atoms with van der Waals surface area (Å²) in [6.07, 6.45) is 3.30. The molecule has 0 aliphatic heterocycles. The molecule has 5 heteroatoms. The van der Waals surface area contributed by atoms with E-state index >= 15 is 0 Å². The van der Waals surface area contributed by atoms with E-state index in [4.69, 9.17) is 9.72 Å². The molecular weight excluding hydrogens is 348 g/mol. The smallest absolute Gasteiger partial charge is 0.221 e. The Hall–Kier alpha value is -3.73. The number of hydrogen-bond donors (Lipinski definition) is 0. The first-order valence-corrected chi connectivity index (χ1v) is 9.13. The zero-order chi connectivity index (χ0) is 18.8. The van der Waals surface area contributed by atoms with E-state index in [1.807, 2.05) is 60.7 Å². The monoisotopic (exact) mass is 365 g/mol. The molecule has 0 saturated carbocycles. The molecule has 135 valence electrons. The van der Waals surface area contributed by atoms with Crippen LogP contribution < -0.4 is 4.74 Å². The van der Waals surface area contributed by atoms with Gasteiger partial charge in [-0.1, -0.05) is 60.7 Å². The maximum Gasteiger partial charge on any atom is 0.221 e. The summed E-state index contributed by atoms with van der Waals surface area (Å²) in [6.45, 7) is 0.523. The van der Waals surface area contributed by atoms with E-state index in [1.165, 1.54) is 0 Å². The third-order valence-corrected chi connectivity index (χ3v) is 4.70. The molecule has 0 unspecified atom stereocenters. The highest BCUT2D eigenvalue weighted by atomic mass is 16.5. The third kappa shape index (κ3) is 3.07. The van der Waals surface area contributed by atoms with Gasteiger partial charge in [0.05, 0.1) is 5.52 Å². The molecule has 5 rings (SSSR count). The molecule has 0 spiro atoms. The van der Waals surface area contributed by atoms with E-state index in [1.54, 1.807) is 4.52 Å². The molecule has 0 amide bonds. The number of ether oxygens (including phenoxy) is 1. The second kappa shape index (κ2) is 7.12. The van der Waals surface area contributed by atoms with Gasteiger partial charge in [-0.25, -0.2) is 9.97 Å². The molecule has 2 heterocycles. The van der Waals surface area contributed by atoms with E-state index in [2.05, 4.69) is 34.6 Å². The second-order valence-corrected chi connectivity index (χ2v) is 6.55. The molecule has 28 heavy (non-hydrogen) atoms. The Bertz CT molecular complexity index is 1250. The van der Waals surface area contributed by atoms with Crippen molar-refractivity contribution in [1.82, 2.24) is 19.6 Å². The van der Waals surface area contributed by atoms with Crippen LogP contribution in [-0.2, 0) is 13.0 Å². The average Bonchev–Trinajstić information content (AvgIpc) is 3.25. The topological polar surface area (TPSA) is 52.3 Å². The molecule has 0 saturated heterocycles. The standard InChI is InChI=1S/C23H17N4O/c1-2-8-17(9-3-1)15-28-21-13-7-4-10-18(21)14-22-26-20-12-6-5-11-19(20)23-24-16-25-27(22)23/h1-13H,14-15H2. The first kappa shape index (κ1) is 16.4. The van der Waals surface area contributed by atoms with Crippen molar-refractivity contribution in [3.63, 3.8) is 0 Å². The fourth-order valence-electron chi connectivity index (χ4n) is 3.32. The lowest BCUT2D eigenvalue weighted by Crippen LogP contribution is -2.06. The Morgan fingerprint density at radius 1 is 0.857 bits per heavy atom. The van der Waals surface area contributed by atoms with Crippen LogP contribution in [0.15, 0.2) is 78.9 Å². The van der Waals surface area contributed by atoms with E-state index in [-0.39, 0.29) is 0 Å². The molecule has 0 aliphatic carbocycles. The predicted octanol–water partition coefficient (Wildman–Crippen LogP) is 4.25. The van der Waals surface area contributed by atoms with Crippen molar-refractivity contribution in [1.29, 1.82) is 0 Å². The molecule has 5 aromatic rings. The van der Waals surface area contributed by atoms with Crippen molar-refractivity contribution in [2.75, 3.05) is 0 Å². The second-order valence-electron chi connectivity index (χ2n) is 6.55. The van der Waals surface area contributed by atoms with Gasteiger partial charge in [-0.15, -0.1) is 5.10 Å². The van der Waals surface area contributed by atoms with Crippen molar-refractivity contribution >= 4 is 16.6 Å². The lowest BCUT2D eigenvalue weighted by Gasteiger charge is -2.12. The van der Waals surface area contributed by atoms with E-state index in [0.717, 1.165) is 39.3 Å². The number of rotatable bonds is 5. The van der Waals surface area contributed by atoms with Gasteiger partial charge in [-0.2, -0.15) is 4.52 Å². The Labute approximate surface area is 162 Å². The summed E-state index contributed by atoms with van der Waals surface area (Å²) in [7, 11) is 0. The lowest BCUT2D eigenvalue weighted by molar-refractivity contribution is 0.303. The van der Waals surface area contributed by atoms with Crippen molar-refractivity contribution in [2.24, 2.45) is 0 Å². The minimum Gasteiger partial charge on any atom is -0.489 e. The van der Waals surface area contributed by atoms with Gasteiger partial charge in [0.2, 0.25) is 6.33 Å². The maximum atomic E-state index is 6.10. The highest BCUT2D eigenvalue weighted by molar-refractivity contribution is 5.90. The first-order chi connectivity index (χ1) is 13.9. The molecule has 0 bridgehead atoms. The van der Waals surface area contributed by atoms with Gasteiger partial charge >= 0.3 is 0 Å². The van der Waals surface area contributed by atoms with Crippen molar-refractivity contribution < 1.29 is 4.74 Å². The van der Waals surface area contributed by atoms with Crippen LogP contribution in [0.25, 0.3) is 16.6 Å². The van der Waals surface area contributed by atoms with Crippen LogP contribution in [0.4, 0.5) is 0 Å². The van der Waals surface area contributed by atoms with Gasteiger partial charge in [-0.3, -0.25) is 0 Å². The van der Waals surface area contributed by atoms with Crippen LogP contribution in [0.5, 0.6) is 5.75 Å². The summed E-state index contributed by atoms with van der Waals surface area (Å²) in [5.74, 6) is 1.65. The molecule has 1 radical (unpaired) electrons. The SMILES string of the molecule is [c]1nc2c3ccccc3nc(Cc3ccccc3OCc3ccccc3)n2n1. The average molecular weight is 365 g/mol. The largest absolute Gasteiger partial charge is 0.489 e. The van der Waals surface area contributed by atoms with Crippen LogP contribution in [0.3, 0.4) is 0 Å². The van der Waals surface area contributed by atoms with Crippen LogP contribution >= 0.6 is 0 Å². The third-order valence-electron chi connectivity index (χ3n) is 4.70. The minimum absolute atomic E-state index is 0.523. The molecule has 0 aliphatic rings. The number of benzene rings is 3. The van der Waals surface area contributed by atoms with Crippen molar-refractivity contribution in [3.8, 4) is 5.75 Å². The quantitative estimate of drug-likeness (QED) is 0.467. The van der Waals surface area contributed by atoms with Gasteiger partial charge in [0, 0.05) is 17.4 Å². The highest BCUT2D eigenvalue weighted by Gasteiger charge is 2.13. The van der Waals surface area contributed by atoms with E-state index in [0.29, 0.717) is 13.0 Å². The number of para-hydroxylation sites is 2. The molecule has 3 aromatic carbocycles. The molecule has 0 fully saturated rings. The number of aromatic nitrogens is 4. The first-order valence-electron chi connectivity index (χ1n) is 9.13. The van der Waals surface area contributed by atoms with Gasteiger partial charge in [0.15, 0.2) is 5.65 Å². The summed E-state index contributed by atoms with van der Waals surface area (Å²) in [6, 6.07) is 26.1. The van der Waals surface area contributed by atoms with E-state index < -0.39 is 0 Å². The molecular formula is C23H17N4O. The van der Waals surface area contributed by atoms with E-state index in [9.17, 15) is 0 Å². The summed E-state index contributed by atoms with van der Waals surface area (Å²) in [4.78, 5) is 9.12. The Morgan fingerprint density at radius 2 is 1.64 bits per heavy atom. The maximum absolute atomic E-state index is 6.10. The molecule has 5 nitrogen and oxygen atoms in total. The molecule has 0 atom stereocenters. The van der Waals surface area contributed by atoms with Crippen LogP contribution in [0.2, 0.25) is 0 Å². The van der Waals surface area contributed by atoms with Crippen LogP contribution in [-0.4, -0.2) is 19.6 Å². The molecule has 2 aromatic heterocycles. The Morgan fingerprint density at radius 3 is 2.57 bits per heavy atom. The lowest BCUT2D eigenvalue weighted by atomic mass is 10.1. The molecule has 0 N–H and O–H groups in total. The Balaban J connectivity index is 1.50. The van der Waals surface area contributed by atoms with Gasteiger partial charge in [-0.05, 0) is 23.8 Å². The highest BCUT2D eigenvalue weighted by Crippen LogP contribution is 2.24. The summed E-state index contributed by atoms with van der Waals surface area (Å²) in [5, 5.41) is 5.23. The van der Waals surface area contributed by atoms with Gasteiger partial charge in [0.1, 0.15) is 18.2 Å². The number of hydrogen-bond acceptors (Lipinski definition) is 4. The van der Waals surface area contributed by atoms with Crippen LogP contribution in [0.1, 0.15) is 17.0 Å². The van der Waals surface area contributed by atoms with Crippen LogP contribution in [0, 0.1) is 6.33 Å². The van der Waals surface area contributed by atoms with Crippen molar-refractivity contribution in [2.45, 2.75) is 13.0 Å². The van der Waals surface area contributed by atoms with Gasteiger partial charge < -0.3 is 4.74 Å². The Kier molecular flexibility index (Phi) is 4.18. The number of nitrogens with zero attached hydrogens (tertiary/aromatic N) is 4. The summed E-state index contributed by atoms with van der Waals surface area (Å²) < 4.78 is 7.86.